The molecule has 34 valence electrons. The molecule has 2 radical (unpaired) electrons. The molecule has 0 heterocycles. The van der Waals surface area contributed by atoms with Gasteiger partial charge in [-0.15, -0.1) is 0 Å². The summed E-state index contributed by atoms with van der Waals surface area (Å²) >= 11 is 0.194. The van der Waals surface area contributed by atoms with Gasteiger partial charge in [0, 0.05) is 0 Å². The van der Waals surface area contributed by atoms with E-state index in [9.17, 15) is 0 Å². The Morgan fingerprint density at radius 1 is 1.00 bits per heavy atom. The molecule has 0 aliphatic heterocycles. The molecule has 0 spiro atoms. The van der Waals surface area contributed by atoms with Gasteiger partial charge in [-0.25, -0.2) is 0 Å². The summed E-state index contributed by atoms with van der Waals surface area (Å²) < 4.78 is 16.4. The Morgan fingerprint density at radius 3 is 1.00 bits per heavy atom. The molecule has 0 saturated carbocycles. The normalized spacial score (nSPS) is 1.43. The molecule has 0 fully saturated rings. The molecule has 0 unspecified atom stereocenters. The Kier molecular flexibility index (Phi) is 694. The van der Waals surface area contributed by atoms with Crippen LogP contribution in [0.3, 0.4) is 0 Å². The minimum atomic E-state index is 0. The van der Waals surface area contributed by atoms with Crippen molar-refractivity contribution in [3.8, 4) is 0 Å². The third kappa shape index (κ3) is 91.7. The van der Waals surface area contributed by atoms with Crippen LogP contribution in [0.5, 0.6) is 0 Å². The zero-order valence-electron chi connectivity index (χ0n) is 3.58. The first-order valence-corrected chi connectivity index (χ1v) is 2.21. The van der Waals surface area contributed by atoms with Crippen LogP contribution in [-0.4, -0.2) is 34.9 Å². The molecule has 0 rings (SSSR count). The van der Waals surface area contributed by atoms with Crippen LogP contribution in [0, 0.1) is 0 Å². The van der Waals surface area contributed by atoms with Gasteiger partial charge in [-0.05, 0) is 0 Å². The van der Waals surface area contributed by atoms with E-state index >= 15 is 0 Å². The van der Waals surface area contributed by atoms with Crippen molar-refractivity contribution in [1.82, 2.24) is 0 Å². The monoisotopic (exact) mass is 324 g/mol. The van der Waals surface area contributed by atoms with Crippen molar-refractivity contribution in [2.75, 3.05) is 0 Å². The molecule has 0 amide bonds. The van der Waals surface area contributed by atoms with E-state index in [1.807, 2.05) is 0 Å². The van der Waals surface area contributed by atoms with E-state index in [2.05, 4.69) is 0 Å². The van der Waals surface area contributed by atoms with Crippen LogP contribution in [0.25, 0.3) is 0 Å². The van der Waals surface area contributed by atoms with Crippen LogP contribution in [0.15, 0.2) is 0 Å². The summed E-state index contributed by atoms with van der Waals surface area (Å²) in [7, 11) is 1.72. The van der Waals surface area contributed by atoms with Crippen molar-refractivity contribution in [2.45, 2.75) is 0 Å². The quantitative estimate of drug-likeness (QED) is 0.423. The molecule has 0 aliphatic rings. The fraction of sp³-hybridized carbons (Fsp3) is 0. The fourth-order valence-corrected chi connectivity index (χ4v) is 0. The van der Waals surface area contributed by atoms with Gasteiger partial charge < -0.3 is 11.0 Å². The summed E-state index contributed by atoms with van der Waals surface area (Å²) in [5.74, 6) is 0. The van der Waals surface area contributed by atoms with E-state index in [1.54, 1.807) is 10.1 Å². The second-order valence-corrected chi connectivity index (χ2v) is 0. The molecule has 4 nitrogen and oxygen atoms in total. The number of hydrogen-bond donors (Lipinski definition) is 0. The van der Waals surface area contributed by atoms with Gasteiger partial charge in [0.2, 0.25) is 0 Å². The summed E-state index contributed by atoms with van der Waals surface area (Å²) in [6.45, 7) is 0. The van der Waals surface area contributed by atoms with Crippen LogP contribution in [-0.2, 0) is 18.2 Å². The van der Waals surface area contributed by atoms with Gasteiger partial charge in [0.25, 0.3) is 0 Å². The summed E-state index contributed by atoms with van der Waals surface area (Å²) in [5.41, 5.74) is 0. The topological polar surface area (TPSA) is 91.1 Å². The van der Waals surface area contributed by atoms with Gasteiger partial charge >= 0.3 is 71.7 Å². The maximum atomic E-state index is 8.36. The summed E-state index contributed by atoms with van der Waals surface area (Å²) in [6, 6.07) is 0. The predicted molar refractivity (Wildman–Crippen MR) is 14.3 cm³/mol. The van der Waals surface area contributed by atoms with E-state index in [-0.39, 0.29) is 65.2 Å². The molecule has 0 aromatic carbocycles. The first-order chi connectivity index (χ1) is 2.00. The molecular formula is BiNaO4Si. The van der Waals surface area contributed by atoms with Gasteiger partial charge in [0.05, 0.1) is 0 Å². The van der Waals surface area contributed by atoms with Crippen molar-refractivity contribution in [3.05, 3.63) is 0 Å². The van der Waals surface area contributed by atoms with Crippen molar-refractivity contribution in [3.63, 3.8) is 0 Å². The predicted octanol–water partition coefficient (Wildman–Crippen LogP) is -4.23. The number of rotatable bonds is 0. The van der Waals surface area contributed by atoms with Gasteiger partial charge in [0.15, 0.2) is 0 Å². The zero-order chi connectivity index (χ0) is 4.00. The Morgan fingerprint density at radius 2 is 1.00 bits per heavy atom. The SMILES string of the molecule is O=[Si+2].[Na+].[O-2].[O-2].[O]=[Bi+]. The first kappa shape index (κ1) is 38.2. The average molecular weight is 324 g/mol. The Balaban J connectivity index is -0.00000000267. The van der Waals surface area contributed by atoms with Crippen molar-refractivity contribution in [1.29, 1.82) is 0 Å². The van der Waals surface area contributed by atoms with E-state index in [1.165, 1.54) is 0 Å². The van der Waals surface area contributed by atoms with Crippen LogP contribution in [0.4, 0.5) is 0 Å². The van der Waals surface area contributed by atoms with E-state index in [0.29, 0.717) is 0 Å². The summed E-state index contributed by atoms with van der Waals surface area (Å²) in [5, 5.41) is 0. The van der Waals surface area contributed by atoms with E-state index < -0.39 is 0 Å². The van der Waals surface area contributed by atoms with E-state index in [0.717, 1.165) is 0 Å². The van der Waals surface area contributed by atoms with Crippen LogP contribution in [0.2, 0.25) is 0 Å². The molecule has 7 heavy (non-hydrogen) atoms. The molecule has 0 aromatic heterocycles. The summed E-state index contributed by atoms with van der Waals surface area (Å²) in [6.07, 6.45) is 0. The fourth-order valence-electron chi connectivity index (χ4n) is 0. The molecule has 0 bridgehead atoms. The van der Waals surface area contributed by atoms with Crippen molar-refractivity contribution < 1.29 is 47.8 Å². The Labute approximate surface area is 81.7 Å². The molecular weight excluding hydrogens is 324 g/mol. The van der Waals surface area contributed by atoms with Gasteiger partial charge in [-0.2, -0.15) is 0 Å². The average Bonchev–Trinajstić information content (AvgIpc) is 1.50. The molecule has 0 aliphatic carbocycles. The van der Waals surface area contributed by atoms with Crippen LogP contribution >= 0.6 is 0 Å². The van der Waals surface area contributed by atoms with Crippen LogP contribution in [0.1, 0.15) is 0 Å². The third-order valence-corrected chi connectivity index (χ3v) is 0. The number of hydrogen-bond acceptors (Lipinski definition) is 2. The molecule has 0 saturated heterocycles. The van der Waals surface area contributed by atoms with Gasteiger partial charge in [0.1, 0.15) is 0 Å². The molecule has 7 heteroatoms. The Hall–Kier alpha value is 1.62. The maximum absolute atomic E-state index is 8.36. The molecule has 0 N–H and O–H groups in total. The van der Waals surface area contributed by atoms with Crippen molar-refractivity contribution >= 4 is 34.9 Å². The second kappa shape index (κ2) is 127. The van der Waals surface area contributed by atoms with Crippen molar-refractivity contribution in [2.24, 2.45) is 0 Å². The zero-order valence-corrected chi connectivity index (χ0v) is 10.1. The van der Waals surface area contributed by atoms with E-state index in [4.69, 9.17) is 7.27 Å². The standard InChI is InChI=1S/Bi.Na.OSi.3O/c;;1-2;;;/q2*+1;+2;;2*-2. The molecule has 0 aromatic rings. The Bertz CT molecular complexity index is 13.7. The first-order valence-electron chi connectivity index (χ1n) is 0.387. The minimum absolute atomic E-state index is 0. The van der Waals surface area contributed by atoms with Gasteiger partial charge in [-0.1, -0.05) is 0 Å². The van der Waals surface area contributed by atoms with Crippen LogP contribution < -0.4 is 29.6 Å². The third-order valence-electron chi connectivity index (χ3n) is 0. The van der Waals surface area contributed by atoms with Gasteiger partial charge in [-0.3, -0.25) is 0 Å². The molecule has 0 atom stereocenters. The summed E-state index contributed by atoms with van der Waals surface area (Å²) in [4.78, 5) is 0. The second-order valence-electron chi connectivity index (χ2n) is 0.